The monoisotopic (exact) mass is 212 g/mol. The SMILES string of the molecule is CC=CC.CC=CCl.CCC(F)F. The fourth-order valence-electron chi connectivity index (χ4n) is 0. The van der Waals surface area contributed by atoms with Crippen molar-refractivity contribution in [3.63, 3.8) is 0 Å². The van der Waals surface area contributed by atoms with E-state index in [1.807, 2.05) is 32.9 Å². The summed E-state index contributed by atoms with van der Waals surface area (Å²) in [5.41, 5.74) is 1.47. The van der Waals surface area contributed by atoms with E-state index < -0.39 is 6.43 Å². The summed E-state index contributed by atoms with van der Waals surface area (Å²) in [6.07, 6.45) is 3.62. The maximum atomic E-state index is 10.8. The fourth-order valence-corrected chi connectivity index (χ4v) is 0. The zero-order valence-electron chi connectivity index (χ0n) is 8.73. The normalized spacial score (nSPS) is 9.54. The van der Waals surface area contributed by atoms with Gasteiger partial charge in [0.05, 0.1) is 0 Å². The molecule has 80 valence electrons. The summed E-state index contributed by atoms with van der Waals surface area (Å²) in [5, 5.41) is 0. The summed E-state index contributed by atoms with van der Waals surface area (Å²) < 4.78 is 21.5. The van der Waals surface area contributed by atoms with Crippen molar-refractivity contribution < 1.29 is 8.78 Å². The number of rotatable bonds is 1. The van der Waals surface area contributed by atoms with Crippen LogP contribution in [0.15, 0.2) is 23.8 Å². The van der Waals surface area contributed by atoms with Crippen LogP contribution in [0.2, 0.25) is 0 Å². The van der Waals surface area contributed by atoms with E-state index in [4.69, 9.17) is 11.6 Å². The molecule has 0 aromatic heterocycles. The molecule has 0 aliphatic heterocycles. The minimum atomic E-state index is -2.12. The Morgan fingerprint density at radius 1 is 1.08 bits per heavy atom. The lowest BCUT2D eigenvalue weighted by molar-refractivity contribution is 0.144. The zero-order valence-corrected chi connectivity index (χ0v) is 9.48. The van der Waals surface area contributed by atoms with Crippen molar-refractivity contribution in [2.24, 2.45) is 0 Å². The summed E-state index contributed by atoms with van der Waals surface area (Å²) >= 11 is 5.01. The third-order valence-electron chi connectivity index (χ3n) is 0.768. The first kappa shape index (κ1) is 18.4. The summed E-state index contributed by atoms with van der Waals surface area (Å²) in [6, 6.07) is 0. The van der Waals surface area contributed by atoms with Crippen molar-refractivity contribution in [1.29, 1.82) is 0 Å². The molecule has 0 aromatic carbocycles. The van der Waals surface area contributed by atoms with Gasteiger partial charge in [-0.3, -0.25) is 0 Å². The van der Waals surface area contributed by atoms with Crippen molar-refractivity contribution in [2.75, 3.05) is 0 Å². The molecule has 0 saturated carbocycles. The highest BCUT2D eigenvalue weighted by Gasteiger charge is 1.91. The Balaban J connectivity index is -0.000000117. The molecule has 0 unspecified atom stereocenters. The lowest BCUT2D eigenvalue weighted by Gasteiger charge is -1.81. The number of hydrogen-bond donors (Lipinski definition) is 0. The zero-order chi connectivity index (χ0) is 11.1. The van der Waals surface area contributed by atoms with Gasteiger partial charge >= 0.3 is 0 Å². The van der Waals surface area contributed by atoms with E-state index in [1.165, 1.54) is 12.5 Å². The lowest BCUT2D eigenvalue weighted by Crippen LogP contribution is -1.80. The second-order valence-corrected chi connectivity index (χ2v) is 2.18. The Morgan fingerprint density at radius 2 is 1.31 bits per heavy atom. The highest BCUT2D eigenvalue weighted by Crippen LogP contribution is 1.93. The van der Waals surface area contributed by atoms with E-state index in [0.717, 1.165) is 0 Å². The molecule has 0 N–H and O–H groups in total. The van der Waals surface area contributed by atoms with Gasteiger partial charge in [0.15, 0.2) is 0 Å². The molecule has 3 heteroatoms. The van der Waals surface area contributed by atoms with Gasteiger partial charge in [0.2, 0.25) is 6.43 Å². The lowest BCUT2D eigenvalue weighted by atomic mass is 10.5. The van der Waals surface area contributed by atoms with Gasteiger partial charge < -0.3 is 0 Å². The average molecular weight is 213 g/mol. The Morgan fingerprint density at radius 3 is 1.31 bits per heavy atom. The number of alkyl halides is 2. The summed E-state index contributed by atoms with van der Waals surface area (Å²) in [4.78, 5) is 0. The molecule has 13 heavy (non-hydrogen) atoms. The molecule has 0 radical (unpaired) electrons. The first-order valence-electron chi connectivity index (χ1n) is 4.17. The maximum absolute atomic E-state index is 10.8. The number of halogens is 3. The van der Waals surface area contributed by atoms with Gasteiger partial charge in [-0.25, -0.2) is 8.78 Å². The van der Waals surface area contributed by atoms with Crippen LogP contribution in [-0.2, 0) is 0 Å². The summed E-state index contributed by atoms with van der Waals surface area (Å²) in [5.74, 6) is 0. The van der Waals surface area contributed by atoms with E-state index in [2.05, 4.69) is 0 Å². The molecule has 0 rings (SSSR count). The minimum Gasteiger partial charge on any atom is -0.211 e. The van der Waals surface area contributed by atoms with Crippen LogP contribution in [0.25, 0.3) is 0 Å². The van der Waals surface area contributed by atoms with E-state index >= 15 is 0 Å². The van der Waals surface area contributed by atoms with Gasteiger partial charge in [-0.05, 0) is 26.3 Å². The van der Waals surface area contributed by atoms with E-state index in [0.29, 0.717) is 0 Å². The van der Waals surface area contributed by atoms with E-state index in [9.17, 15) is 8.78 Å². The van der Waals surface area contributed by atoms with Gasteiger partial charge in [0, 0.05) is 6.42 Å². The average Bonchev–Trinajstić information content (AvgIpc) is 2.18. The van der Waals surface area contributed by atoms with Crippen LogP contribution in [0.3, 0.4) is 0 Å². The maximum Gasteiger partial charge on any atom is 0.238 e. The van der Waals surface area contributed by atoms with E-state index in [-0.39, 0.29) is 6.42 Å². The van der Waals surface area contributed by atoms with Gasteiger partial charge in [0.1, 0.15) is 0 Å². The number of hydrogen-bond acceptors (Lipinski definition) is 0. The van der Waals surface area contributed by atoms with Crippen LogP contribution in [0.4, 0.5) is 8.78 Å². The second kappa shape index (κ2) is 22.6. The van der Waals surface area contributed by atoms with Crippen LogP contribution < -0.4 is 0 Å². The molecular weight excluding hydrogens is 194 g/mol. The Labute approximate surface area is 85.3 Å². The molecule has 0 heterocycles. The van der Waals surface area contributed by atoms with Gasteiger partial charge in [-0.1, -0.05) is 36.8 Å². The van der Waals surface area contributed by atoms with Crippen LogP contribution in [-0.4, -0.2) is 6.43 Å². The van der Waals surface area contributed by atoms with Crippen LogP contribution in [0.5, 0.6) is 0 Å². The quantitative estimate of drug-likeness (QED) is 0.537. The van der Waals surface area contributed by atoms with Crippen molar-refractivity contribution in [2.45, 2.75) is 40.5 Å². The first-order chi connectivity index (χ1) is 6.10. The van der Waals surface area contributed by atoms with Gasteiger partial charge in [-0.2, -0.15) is 0 Å². The van der Waals surface area contributed by atoms with Crippen molar-refractivity contribution >= 4 is 11.6 Å². The second-order valence-electron chi connectivity index (χ2n) is 1.93. The van der Waals surface area contributed by atoms with Gasteiger partial charge in [0.25, 0.3) is 0 Å². The standard InChI is InChI=1S/C4H8.C3H5Cl.C3H6F2/c1-3-4-2;1-2-3-4;1-2-3(4)5/h3-4H,1-2H3;2-3H,1H3;3H,2H2,1H3. The van der Waals surface area contributed by atoms with E-state index in [1.54, 1.807) is 6.08 Å². The predicted molar refractivity (Wildman–Crippen MR) is 57.5 cm³/mol. The van der Waals surface area contributed by atoms with Crippen molar-refractivity contribution in [3.8, 4) is 0 Å². The molecule has 0 atom stereocenters. The molecular formula is C10H19ClF2. The molecule has 0 nitrogen and oxygen atoms in total. The smallest absolute Gasteiger partial charge is 0.211 e. The molecule has 0 aliphatic rings. The predicted octanol–water partition coefficient (Wildman–Crippen LogP) is 5.00. The Hall–Kier alpha value is -0.370. The summed E-state index contributed by atoms with van der Waals surface area (Å²) in [6.45, 7) is 7.32. The third-order valence-corrected chi connectivity index (χ3v) is 1.02. The minimum absolute atomic E-state index is 0.0278. The van der Waals surface area contributed by atoms with Crippen LogP contribution in [0, 0.1) is 0 Å². The molecule has 0 aromatic rings. The number of allylic oxidation sites excluding steroid dienone is 3. The summed E-state index contributed by atoms with van der Waals surface area (Å²) in [7, 11) is 0. The van der Waals surface area contributed by atoms with Gasteiger partial charge in [-0.15, -0.1) is 0 Å². The highest BCUT2D eigenvalue weighted by molar-refractivity contribution is 6.25. The fraction of sp³-hybridized carbons (Fsp3) is 0.600. The first-order valence-corrected chi connectivity index (χ1v) is 4.61. The molecule has 0 spiro atoms. The molecule has 0 amide bonds. The largest absolute Gasteiger partial charge is 0.238 e. The Kier molecular flexibility index (Phi) is 32.0. The molecule has 0 saturated heterocycles. The molecule has 0 fully saturated rings. The third kappa shape index (κ3) is 81.9. The van der Waals surface area contributed by atoms with Crippen molar-refractivity contribution in [1.82, 2.24) is 0 Å². The van der Waals surface area contributed by atoms with Crippen LogP contribution >= 0.6 is 11.6 Å². The molecule has 0 bridgehead atoms. The van der Waals surface area contributed by atoms with Crippen LogP contribution in [0.1, 0.15) is 34.1 Å². The topological polar surface area (TPSA) is 0 Å². The Bertz CT molecular complexity index is 91.5. The molecule has 0 aliphatic carbocycles. The van der Waals surface area contributed by atoms with Crippen molar-refractivity contribution in [3.05, 3.63) is 23.8 Å². The highest BCUT2D eigenvalue weighted by atomic mass is 35.5.